The van der Waals surface area contributed by atoms with Crippen molar-refractivity contribution >= 4 is 21.8 Å². The van der Waals surface area contributed by atoms with Crippen molar-refractivity contribution < 1.29 is 48.3 Å². The Labute approximate surface area is 124 Å². The summed E-state index contributed by atoms with van der Waals surface area (Å²) < 4.78 is 119. The zero-order valence-electron chi connectivity index (χ0n) is 10.7. The lowest BCUT2D eigenvalue weighted by molar-refractivity contribution is -0.348. The Morgan fingerprint density at radius 2 is 1.22 bits per heavy atom. The van der Waals surface area contributed by atoms with Gasteiger partial charge < -0.3 is 11.5 Å². The number of nitrogen functional groups attached to an aromatic ring is 2. The number of alkyl halides is 7. The first-order valence-electron chi connectivity index (χ1n) is 5.09. The van der Waals surface area contributed by atoms with Crippen LogP contribution in [-0.4, -0.2) is 29.9 Å². The Kier molecular flexibility index (Phi) is 5.87. The second kappa shape index (κ2) is 6.37. The molecule has 0 saturated heterocycles. The Balaban J connectivity index is 0.000000841. The molecule has 14 heteroatoms. The maximum absolute atomic E-state index is 13.6. The van der Waals surface area contributed by atoms with E-state index in [1.807, 2.05) is 0 Å². The lowest BCUT2D eigenvalue weighted by Crippen LogP contribution is -2.50. The van der Waals surface area contributed by atoms with Crippen molar-refractivity contribution in [2.24, 2.45) is 0 Å². The van der Waals surface area contributed by atoms with Gasteiger partial charge in [0.2, 0.25) is 0 Å². The molecule has 6 nitrogen and oxygen atoms in total. The zero-order valence-corrected chi connectivity index (χ0v) is 11.5. The molecule has 0 heterocycles. The third-order valence-corrected chi connectivity index (χ3v) is 2.23. The van der Waals surface area contributed by atoms with Gasteiger partial charge in [0, 0.05) is 16.9 Å². The summed E-state index contributed by atoms with van der Waals surface area (Å²) >= 11 is 0. The van der Waals surface area contributed by atoms with Gasteiger partial charge in [-0.2, -0.15) is 34.8 Å². The van der Waals surface area contributed by atoms with Crippen LogP contribution in [0.3, 0.4) is 0 Å². The highest BCUT2D eigenvalue weighted by molar-refractivity contribution is 7.79. The fourth-order valence-corrected chi connectivity index (χ4v) is 1.36. The van der Waals surface area contributed by atoms with E-state index in [9.17, 15) is 30.7 Å². The Morgan fingerprint density at radius 3 is 1.48 bits per heavy atom. The van der Waals surface area contributed by atoms with Gasteiger partial charge in [-0.05, 0) is 12.1 Å². The molecule has 0 bridgehead atoms. The molecular formula is C9H9F7N2O4S. The molecule has 1 aromatic carbocycles. The van der Waals surface area contributed by atoms with Crippen LogP contribution in [0.25, 0.3) is 0 Å². The van der Waals surface area contributed by atoms with Crippen LogP contribution in [0.5, 0.6) is 0 Å². The molecule has 0 spiro atoms. The average molecular weight is 374 g/mol. The highest BCUT2D eigenvalue weighted by Crippen LogP contribution is 2.54. The SMILES string of the molecule is Nc1ccc(C(F)(C(F)(F)F)C(F)(F)F)c(N)c1.O=S(=O)(O)O. The normalized spacial score (nSPS) is 13.3. The number of nitrogens with two attached hydrogens (primary N) is 2. The highest BCUT2D eigenvalue weighted by Gasteiger charge is 2.74. The van der Waals surface area contributed by atoms with E-state index in [0.717, 1.165) is 0 Å². The number of benzene rings is 1. The maximum atomic E-state index is 13.6. The quantitative estimate of drug-likeness (QED) is 0.340. The van der Waals surface area contributed by atoms with E-state index >= 15 is 0 Å². The Morgan fingerprint density at radius 1 is 0.870 bits per heavy atom. The highest BCUT2D eigenvalue weighted by atomic mass is 32.3. The Hall–Kier alpha value is -1.80. The molecule has 0 fully saturated rings. The summed E-state index contributed by atoms with van der Waals surface area (Å²) in [5.41, 5.74) is 1.65. The van der Waals surface area contributed by atoms with Crippen molar-refractivity contribution in [3.63, 3.8) is 0 Å². The minimum atomic E-state index is -6.19. The lowest BCUT2D eigenvalue weighted by atomic mass is 9.92. The summed E-state index contributed by atoms with van der Waals surface area (Å²) in [6.07, 6.45) is -12.4. The van der Waals surface area contributed by atoms with Crippen LogP contribution in [0, 0.1) is 0 Å². The fraction of sp³-hybridized carbons (Fsp3) is 0.333. The molecule has 0 aliphatic rings. The molecule has 6 N–H and O–H groups in total. The number of halogens is 7. The van der Waals surface area contributed by atoms with Crippen LogP contribution < -0.4 is 11.5 Å². The molecule has 0 radical (unpaired) electrons. The van der Waals surface area contributed by atoms with Crippen LogP contribution in [0.4, 0.5) is 42.1 Å². The van der Waals surface area contributed by atoms with Gasteiger partial charge in [-0.15, -0.1) is 0 Å². The van der Waals surface area contributed by atoms with Gasteiger partial charge >= 0.3 is 28.4 Å². The van der Waals surface area contributed by atoms with Crippen molar-refractivity contribution in [3.8, 4) is 0 Å². The molecule has 0 aliphatic heterocycles. The van der Waals surface area contributed by atoms with Gasteiger partial charge in [-0.1, -0.05) is 6.07 Å². The lowest BCUT2D eigenvalue weighted by Gasteiger charge is -2.31. The molecule has 0 unspecified atom stereocenters. The monoisotopic (exact) mass is 374 g/mol. The predicted molar refractivity (Wildman–Crippen MR) is 64.3 cm³/mol. The first-order valence-corrected chi connectivity index (χ1v) is 6.48. The maximum Gasteiger partial charge on any atom is 0.436 e. The van der Waals surface area contributed by atoms with Gasteiger partial charge in [0.15, 0.2) is 0 Å². The third-order valence-electron chi connectivity index (χ3n) is 2.23. The Bertz CT molecular complexity index is 635. The molecule has 134 valence electrons. The zero-order chi connectivity index (χ0) is 18.9. The van der Waals surface area contributed by atoms with E-state index in [2.05, 4.69) is 0 Å². The van der Waals surface area contributed by atoms with E-state index in [0.29, 0.717) is 12.1 Å². The minimum Gasteiger partial charge on any atom is -0.399 e. The van der Waals surface area contributed by atoms with Crippen LogP contribution in [-0.2, 0) is 16.1 Å². The molecule has 0 aromatic heterocycles. The first kappa shape index (κ1) is 21.2. The standard InChI is InChI=1S/C9H7F7N2.H2O4S/c10-7(8(11,12)13,9(14,15)16)5-2-1-4(17)3-6(5)18;1-5(2,3)4/h1-3H,17-18H2;(H2,1,2,3,4). The van der Waals surface area contributed by atoms with Crippen molar-refractivity contribution in [3.05, 3.63) is 23.8 Å². The molecule has 23 heavy (non-hydrogen) atoms. The van der Waals surface area contributed by atoms with E-state index in [1.54, 1.807) is 0 Å². The number of hydrogen-bond donors (Lipinski definition) is 4. The van der Waals surface area contributed by atoms with E-state index < -0.39 is 39.7 Å². The minimum absolute atomic E-state index is 0.178. The third kappa shape index (κ3) is 5.40. The summed E-state index contributed by atoms with van der Waals surface area (Å²) in [4.78, 5) is 0. The van der Waals surface area contributed by atoms with Gasteiger partial charge in [0.25, 0.3) is 0 Å². The first-order chi connectivity index (χ1) is 9.91. The summed E-state index contributed by atoms with van der Waals surface area (Å²) in [6, 6.07) is 1.60. The van der Waals surface area contributed by atoms with E-state index in [1.165, 1.54) is 0 Å². The van der Waals surface area contributed by atoms with Crippen LogP contribution >= 0.6 is 0 Å². The van der Waals surface area contributed by atoms with Crippen LogP contribution in [0.15, 0.2) is 18.2 Å². The molecule has 0 amide bonds. The summed E-state index contributed by atoms with van der Waals surface area (Å²) in [6.45, 7) is 0. The summed E-state index contributed by atoms with van der Waals surface area (Å²) in [5.74, 6) is 0. The number of anilines is 2. The smallest absolute Gasteiger partial charge is 0.399 e. The second-order valence-corrected chi connectivity index (χ2v) is 4.84. The number of hydrogen-bond acceptors (Lipinski definition) is 4. The molecule has 1 rings (SSSR count). The van der Waals surface area contributed by atoms with Gasteiger partial charge in [-0.25, -0.2) is 4.39 Å². The van der Waals surface area contributed by atoms with Crippen LogP contribution in [0.2, 0.25) is 0 Å². The molecule has 0 aliphatic carbocycles. The predicted octanol–water partition coefficient (Wildman–Crippen LogP) is 2.49. The summed E-state index contributed by atoms with van der Waals surface area (Å²) in [7, 11) is -4.67. The average Bonchev–Trinajstić information content (AvgIpc) is 2.22. The van der Waals surface area contributed by atoms with Crippen molar-refractivity contribution in [2.45, 2.75) is 18.0 Å². The second-order valence-electron chi connectivity index (χ2n) is 3.95. The largest absolute Gasteiger partial charge is 0.436 e. The van der Waals surface area contributed by atoms with Gasteiger partial charge in [-0.3, -0.25) is 9.11 Å². The van der Waals surface area contributed by atoms with Crippen molar-refractivity contribution in [1.82, 2.24) is 0 Å². The summed E-state index contributed by atoms with van der Waals surface area (Å²) in [5, 5.41) is 0. The number of rotatable bonds is 1. The topological polar surface area (TPSA) is 127 Å². The molecule has 0 saturated carbocycles. The van der Waals surface area contributed by atoms with Gasteiger partial charge in [0.1, 0.15) is 0 Å². The fourth-order valence-electron chi connectivity index (χ4n) is 1.36. The van der Waals surface area contributed by atoms with Gasteiger partial charge in [0.05, 0.1) is 0 Å². The van der Waals surface area contributed by atoms with E-state index in [4.69, 9.17) is 29.0 Å². The van der Waals surface area contributed by atoms with Crippen LogP contribution in [0.1, 0.15) is 5.56 Å². The molecule has 1 aromatic rings. The van der Waals surface area contributed by atoms with Crippen molar-refractivity contribution in [2.75, 3.05) is 11.5 Å². The van der Waals surface area contributed by atoms with E-state index in [-0.39, 0.29) is 11.8 Å². The van der Waals surface area contributed by atoms with Crippen molar-refractivity contribution in [1.29, 1.82) is 0 Å². The molecule has 0 atom stereocenters. The molecular weight excluding hydrogens is 365 g/mol.